The molecule has 1 N–H and O–H groups in total. The number of carboxylic acids is 1. The standard InChI is InChI=1S/C12H19NO3/c1-2-11(14)13-9-3-4-10(13)6-8(5-9)7-12(15)16/h8-10H,2-7H2,1H3,(H,15,16). The van der Waals surface area contributed by atoms with Crippen molar-refractivity contribution in [2.24, 2.45) is 5.92 Å². The fourth-order valence-corrected chi connectivity index (χ4v) is 3.29. The van der Waals surface area contributed by atoms with Gasteiger partial charge in [0, 0.05) is 24.9 Å². The summed E-state index contributed by atoms with van der Waals surface area (Å²) in [4.78, 5) is 24.5. The van der Waals surface area contributed by atoms with Gasteiger partial charge >= 0.3 is 5.97 Å². The summed E-state index contributed by atoms with van der Waals surface area (Å²) >= 11 is 0. The summed E-state index contributed by atoms with van der Waals surface area (Å²) in [6.07, 6.45) is 4.72. The van der Waals surface area contributed by atoms with Gasteiger partial charge in [0.05, 0.1) is 0 Å². The Morgan fingerprint density at radius 2 is 1.81 bits per heavy atom. The molecule has 0 aromatic heterocycles. The zero-order valence-electron chi connectivity index (χ0n) is 9.69. The molecule has 2 rings (SSSR count). The predicted octanol–water partition coefficient (Wildman–Crippen LogP) is 1.64. The Balaban J connectivity index is 2.01. The lowest BCUT2D eigenvalue weighted by Gasteiger charge is -2.38. The Morgan fingerprint density at radius 3 is 2.25 bits per heavy atom. The van der Waals surface area contributed by atoms with Crippen LogP contribution in [-0.4, -0.2) is 34.0 Å². The first-order chi connectivity index (χ1) is 7.61. The minimum atomic E-state index is -0.709. The Labute approximate surface area is 95.6 Å². The second kappa shape index (κ2) is 4.44. The zero-order chi connectivity index (χ0) is 11.7. The van der Waals surface area contributed by atoms with Gasteiger partial charge in [-0.1, -0.05) is 6.92 Å². The van der Waals surface area contributed by atoms with E-state index in [-0.39, 0.29) is 18.2 Å². The number of piperidine rings is 1. The molecule has 2 saturated heterocycles. The molecule has 2 atom stereocenters. The van der Waals surface area contributed by atoms with Gasteiger partial charge in [-0.05, 0) is 31.6 Å². The number of hydrogen-bond donors (Lipinski definition) is 1. The van der Waals surface area contributed by atoms with E-state index < -0.39 is 5.97 Å². The van der Waals surface area contributed by atoms with Crippen LogP contribution in [0.2, 0.25) is 0 Å². The van der Waals surface area contributed by atoms with E-state index in [1.807, 2.05) is 11.8 Å². The molecule has 0 aliphatic carbocycles. The maximum atomic E-state index is 11.8. The second-order valence-electron chi connectivity index (χ2n) is 4.97. The lowest BCUT2D eigenvalue weighted by Crippen LogP contribution is -2.46. The van der Waals surface area contributed by atoms with Gasteiger partial charge < -0.3 is 10.0 Å². The van der Waals surface area contributed by atoms with Crippen LogP contribution in [0.15, 0.2) is 0 Å². The molecule has 2 heterocycles. The average Bonchev–Trinajstić information content (AvgIpc) is 2.49. The Kier molecular flexibility index (Phi) is 3.17. The first kappa shape index (κ1) is 11.4. The van der Waals surface area contributed by atoms with Gasteiger partial charge in [0.2, 0.25) is 5.91 Å². The van der Waals surface area contributed by atoms with Crippen LogP contribution in [0, 0.1) is 5.92 Å². The van der Waals surface area contributed by atoms with E-state index >= 15 is 0 Å². The van der Waals surface area contributed by atoms with Crippen molar-refractivity contribution in [2.45, 2.75) is 57.5 Å². The van der Waals surface area contributed by atoms with Gasteiger partial charge in [-0.3, -0.25) is 9.59 Å². The van der Waals surface area contributed by atoms with Gasteiger partial charge in [0.1, 0.15) is 0 Å². The lowest BCUT2D eigenvalue weighted by atomic mass is 9.88. The van der Waals surface area contributed by atoms with Crippen LogP contribution in [0.4, 0.5) is 0 Å². The maximum absolute atomic E-state index is 11.8. The molecule has 4 heteroatoms. The highest BCUT2D eigenvalue weighted by atomic mass is 16.4. The molecule has 4 nitrogen and oxygen atoms in total. The molecule has 2 fully saturated rings. The van der Waals surface area contributed by atoms with Crippen molar-refractivity contribution < 1.29 is 14.7 Å². The number of aliphatic carboxylic acids is 1. The number of nitrogens with zero attached hydrogens (tertiary/aromatic N) is 1. The fourth-order valence-electron chi connectivity index (χ4n) is 3.29. The molecular weight excluding hydrogens is 206 g/mol. The van der Waals surface area contributed by atoms with Crippen molar-refractivity contribution in [3.63, 3.8) is 0 Å². The predicted molar refractivity (Wildman–Crippen MR) is 58.9 cm³/mol. The van der Waals surface area contributed by atoms with Gasteiger partial charge in [-0.15, -0.1) is 0 Å². The summed E-state index contributed by atoms with van der Waals surface area (Å²) in [6.45, 7) is 1.89. The molecule has 0 saturated carbocycles. The lowest BCUT2D eigenvalue weighted by molar-refractivity contribution is -0.139. The number of fused-ring (bicyclic) bond motifs is 2. The van der Waals surface area contributed by atoms with Crippen LogP contribution in [0.3, 0.4) is 0 Å². The summed E-state index contributed by atoms with van der Waals surface area (Å²) in [6, 6.07) is 0.631. The van der Waals surface area contributed by atoms with Gasteiger partial charge in [-0.25, -0.2) is 0 Å². The number of carbonyl (C=O) groups excluding carboxylic acids is 1. The van der Waals surface area contributed by atoms with E-state index in [1.165, 1.54) is 0 Å². The minimum Gasteiger partial charge on any atom is -0.481 e. The summed E-state index contributed by atoms with van der Waals surface area (Å²) < 4.78 is 0. The number of hydrogen-bond acceptors (Lipinski definition) is 2. The summed E-state index contributed by atoms with van der Waals surface area (Å²) in [5, 5.41) is 8.80. The highest BCUT2D eigenvalue weighted by Crippen LogP contribution is 2.40. The first-order valence-corrected chi connectivity index (χ1v) is 6.14. The van der Waals surface area contributed by atoms with Crippen LogP contribution in [0.1, 0.15) is 45.4 Å². The Morgan fingerprint density at radius 1 is 1.25 bits per heavy atom. The maximum Gasteiger partial charge on any atom is 0.303 e. The van der Waals surface area contributed by atoms with Crippen molar-refractivity contribution in [2.75, 3.05) is 0 Å². The van der Waals surface area contributed by atoms with E-state index in [0.717, 1.165) is 25.7 Å². The molecule has 2 aliphatic rings. The van der Waals surface area contributed by atoms with Gasteiger partial charge in [0.15, 0.2) is 0 Å². The van der Waals surface area contributed by atoms with Crippen molar-refractivity contribution in [3.05, 3.63) is 0 Å². The summed E-state index contributed by atoms with van der Waals surface area (Å²) in [7, 11) is 0. The molecule has 2 bridgehead atoms. The molecule has 0 radical (unpaired) electrons. The largest absolute Gasteiger partial charge is 0.481 e. The number of carboxylic acid groups (broad SMARTS) is 1. The quantitative estimate of drug-likeness (QED) is 0.794. The van der Waals surface area contributed by atoms with Crippen LogP contribution < -0.4 is 0 Å². The van der Waals surface area contributed by atoms with Crippen LogP contribution in [0.25, 0.3) is 0 Å². The van der Waals surface area contributed by atoms with Crippen LogP contribution in [0.5, 0.6) is 0 Å². The molecule has 2 aliphatic heterocycles. The summed E-state index contributed by atoms with van der Waals surface area (Å²) in [5.41, 5.74) is 0. The molecule has 0 spiro atoms. The normalized spacial score (nSPS) is 32.8. The SMILES string of the molecule is CCC(=O)N1C2CCC1CC(CC(=O)O)C2. The van der Waals surface area contributed by atoms with E-state index in [2.05, 4.69) is 0 Å². The van der Waals surface area contributed by atoms with Gasteiger partial charge in [-0.2, -0.15) is 0 Å². The summed E-state index contributed by atoms with van der Waals surface area (Å²) in [5.74, 6) is -0.197. The smallest absolute Gasteiger partial charge is 0.303 e. The molecular formula is C12H19NO3. The third-order valence-electron chi connectivity index (χ3n) is 3.88. The van der Waals surface area contributed by atoms with Crippen molar-refractivity contribution in [1.29, 1.82) is 0 Å². The average molecular weight is 225 g/mol. The number of rotatable bonds is 3. The zero-order valence-corrected chi connectivity index (χ0v) is 9.69. The third-order valence-corrected chi connectivity index (χ3v) is 3.88. The third kappa shape index (κ3) is 2.06. The Bertz CT molecular complexity index is 289. The molecule has 16 heavy (non-hydrogen) atoms. The fraction of sp³-hybridized carbons (Fsp3) is 0.833. The Hall–Kier alpha value is -1.06. The second-order valence-corrected chi connectivity index (χ2v) is 4.97. The topological polar surface area (TPSA) is 57.6 Å². The number of amides is 1. The monoisotopic (exact) mass is 225 g/mol. The van der Waals surface area contributed by atoms with Crippen molar-refractivity contribution in [3.8, 4) is 0 Å². The molecule has 0 aromatic carbocycles. The van der Waals surface area contributed by atoms with Crippen LogP contribution >= 0.6 is 0 Å². The first-order valence-electron chi connectivity index (χ1n) is 6.14. The van der Waals surface area contributed by atoms with Crippen molar-refractivity contribution >= 4 is 11.9 Å². The van der Waals surface area contributed by atoms with Crippen LogP contribution in [-0.2, 0) is 9.59 Å². The molecule has 0 aromatic rings. The van der Waals surface area contributed by atoms with E-state index in [4.69, 9.17) is 5.11 Å². The minimum absolute atomic E-state index is 0.237. The highest BCUT2D eigenvalue weighted by molar-refractivity contribution is 5.77. The van der Waals surface area contributed by atoms with E-state index in [0.29, 0.717) is 18.5 Å². The molecule has 1 amide bonds. The molecule has 90 valence electrons. The van der Waals surface area contributed by atoms with E-state index in [1.54, 1.807) is 0 Å². The van der Waals surface area contributed by atoms with Crippen molar-refractivity contribution in [1.82, 2.24) is 4.90 Å². The van der Waals surface area contributed by atoms with E-state index in [9.17, 15) is 9.59 Å². The molecule has 2 unspecified atom stereocenters. The number of carbonyl (C=O) groups is 2. The highest BCUT2D eigenvalue weighted by Gasteiger charge is 2.42. The van der Waals surface area contributed by atoms with Gasteiger partial charge in [0.25, 0.3) is 0 Å².